The first-order valence-corrected chi connectivity index (χ1v) is 12.7. The number of aromatic nitrogens is 2. The molecule has 0 atom stereocenters. The Hall–Kier alpha value is -3.64. The number of benzene rings is 2. The summed E-state index contributed by atoms with van der Waals surface area (Å²) in [6, 6.07) is 18.0. The first kappa shape index (κ1) is 24.5. The minimum absolute atomic E-state index is 0.0116. The molecule has 1 saturated carbocycles. The van der Waals surface area contributed by atoms with Crippen molar-refractivity contribution >= 4 is 16.9 Å². The summed E-state index contributed by atoms with van der Waals surface area (Å²) in [5, 5.41) is 18.2. The van der Waals surface area contributed by atoms with E-state index in [2.05, 4.69) is 16.7 Å². The van der Waals surface area contributed by atoms with Crippen LogP contribution in [0.2, 0.25) is 0 Å². The van der Waals surface area contributed by atoms with Crippen molar-refractivity contribution in [2.75, 3.05) is 6.54 Å². The molecular formula is C29H33N5O. The van der Waals surface area contributed by atoms with Crippen molar-refractivity contribution in [3.63, 3.8) is 0 Å². The van der Waals surface area contributed by atoms with Crippen LogP contribution < -0.4 is 0 Å². The van der Waals surface area contributed by atoms with Gasteiger partial charge in [0.15, 0.2) is 0 Å². The molecule has 1 aromatic heterocycles. The molecule has 1 aliphatic rings. The van der Waals surface area contributed by atoms with Gasteiger partial charge in [-0.05, 0) is 55.2 Å². The molecule has 6 heteroatoms. The second kappa shape index (κ2) is 11.7. The van der Waals surface area contributed by atoms with Crippen LogP contribution in [-0.2, 0) is 19.9 Å². The number of amides is 1. The number of nitrogens with zero attached hydrogens (tertiary/aromatic N) is 5. The molecule has 180 valence electrons. The molecule has 2 aromatic carbocycles. The Bertz CT molecular complexity index is 1240. The number of nitriles is 2. The number of hydrogen-bond acceptors (Lipinski definition) is 4. The number of carbonyl (C=O) groups is 1. The molecular weight excluding hydrogens is 434 g/mol. The first-order valence-electron chi connectivity index (χ1n) is 12.7. The molecule has 35 heavy (non-hydrogen) atoms. The van der Waals surface area contributed by atoms with E-state index in [0.29, 0.717) is 24.1 Å². The van der Waals surface area contributed by atoms with Crippen LogP contribution in [0.25, 0.3) is 11.0 Å². The zero-order chi connectivity index (χ0) is 24.6. The average molecular weight is 468 g/mol. The van der Waals surface area contributed by atoms with E-state index in [4.69, 9.17) is 10.2 Å². The van der Waals surface area contributed by atoms with Gasteiger partial charge in [0.05, 0.1) is 35.2 Å². The van der Waals surface area contributed by atoms with Crippen molar-refractivity contribution in [1.82, 2.24) is 14.5 Å². The van der Waals surface area contributed by atoms with Crippen LogP contribution >= 0.6 is 0 Å². The first-order chi connectivity index (χ1) is 17.1. The minimum atomic E-state index is 0.0116. The fraction of sp³-hybridized carbons (Fsp3) is 0.448. The number of fused-ring (bicyclic) bond motifs is 1. The van der Waals surface area contributed by atoms with E-state index in [-0.39, 0.29) is 11.9 Å². The highest BCUT2D eigenvalue weighted by molar-refractivity contribution is 5.97. The number of carbonyl (C=O) groups excluding carboxylic acids is 1. The molecule has 0 N–H and O–H groups in total. The van der Waals surface area contributed by atoms with E-state index < -0.39 is 0 Å². The molecule has 0 unspecified atom stereocenters. The van der Waals surface area contributed by atoms with E-state index in [1.165, 1.54) is 24.8 Å². The molecule has 1 amide bonds. The monoisotopic (exact) mass is 467 g/mol. The molecule has 0 spiro atoms. The highest BCUT2D eigenvalue weighted by atomic mass is 16.2. The molecule has 3 aromatic rings. The van der Waals surface area contributed by atoms with Crippen LogP contribution in [0.15, 0.2) is 42.5 Å². The van der Waals surface area contributed by atoms with Gasteiger partial charge in [0.25, 0.3) is 5.91 Å². The number of hydrogen-bond donors (Lipinski definition) is 0. The van der Waals surface area contributed by atoms with E-state index >= 15 is 0 Å². The summed E-state index contributed by atoms with van der Waals surface area (Å²) in [5.41, 5.74) is 4.31. The highest BCUT2D eigenvalue weighted by Gasteiger charge is 2.25. The lowest BCUT2D eigenvalue weighted by Crippen LogP contribution is -2.41. The summed E-state index contributed by atoms with van der Waals surface area (Å²) < 4.78 is 2.09. The van der Waals surface area contributed by atoms with Gasteiger partial charge in [0.2, 0.25) is 0 Å². The van der Waals surface area contributed by atoms with Crippen LogP contribution in [0.5, 0.6) is 0 Å². The molecule has 0 saturated heterocycles. The predicted octanol–water partition coefficient (Wildman–Crippen LogP) is 5.70. The van der Waals surface area contributed by atoms with Gasteiger partial charge in [-0.15, -0.1) is 0 Å². The summed E-state index contributed by atoms with van der Waals surface area (Å²) in [6.45, 7) is 0.482. The van der Waals surface area contributed by atoms with Crippen molar-refractivity contribution in [3.05, 3.63) is 65.0 Å². The molecule has 0 radical (unpaired) electrons. The number of rotatable bonds is 7. The molecule has 6 nitrogen and oxygen atoms in total. The maximum absolute atomic E-state index is 13.6. The SMILES string of the molecule is Cn1c(CCc2ccc(C#N)cc2)nc2cc(C(=O)N(CCC#N)C3CCCCCCC3)ccc21. The van der Waals surface area contributed by atoms with E-state index in [9.17, 15) is 10.1 Å². The third-order valence-corrected chi connectivity index (χ3v) is 7.18. The second-order valence-electron chi connectivity index (χ2n) is 9.50. The zero-order valence-corrected chi connectivity index (χ0v) is 20.5. The Balaban J connectivity index is 1.53. The Kier molecular flexibility index (Phi) is 8.16. The van der Waals surface area contributed by atoms with Gasteiger partial charge in [0, 0.05) is 31.6 Å². The fourth-order valence-corrected chi connectivity index (χ4v) is 5.14. The summed E-state index contributed by atoms with van der Waals surface area (Å²) >= 11 is 0. The van der Waals surface area contributed by atoms with Gasteiger partial charge < -0.3 is 9.47 Å². The van der Waals surface area contributed by atoms with Crippen molar-refractivity contribution < 1.29 is 4.79 Å². The normalized spacial score (nSPS) is 14.6. The van der Waals surface area contributed by atoms with Gasteiger partial charge >= 0.3 is 0 Å². The number of imidazole rings is 1. The number of aryl methyl sites for hydroxylation is 3. The summed E-state index contributed by atoms with van der Waals surface area (Å²) in [4.78, 5) is 20.4. The standard InChI is InChI=1S/C29H33N5O/c1-33-27-16-15-24(29(35)34(19-7-18-30)25-8-5-3-2-4-6-9-25)20-26(27)32-28(33)17-14-22-10-12-23(21-31)13-11-22/h10-13,15-16,20,25H,2-9,14,17,19H2,1H3. The van der Waals surface area contributed by atoms with Gasteiger partial charge in [-0.2, -0.15) is 10.5 Å². The molecule has 0 bridgehead atoms. The van der Waals surface area contributed by atoms with Crippen molar-refractivity contribution in [2.24, 2.45) is 7.05 Å². The van der Waals surface area contributed by atoms with Crippen LogP contribution in [0.3, 0.4) is 0 Å². The topological polar surface area (TPSA) is 85.7 Å². The predicted molar refractivity (Wildman–Crippen MR) is 137 cm³/mol. The Morgan fingerprint density at radius 1 is 1.03 bits per heavy atom. The third kappa shape index (κ3) is 5.89. The Morgan fingerprint density at radius 3 is 2.43 bits per heavy atom. The molecule has 1 fully saturated rings. The maximum atomic E-state index is 13.6. The lowest BCUT2D eigenvalue weighted by atomic mass is 9.95. The second-order valence-corrected chi connectivity index (χ2v) is 9.50. The average Bonchev–Trinajstić information content (AvgIpc) is 3.18. The molecule has 1 aliphatic carbocycles. The van der Waals surface area contributed by atoms with Crippen LogP contribution in [0.4, 0.5) is 0 Å². The van der Waals surface area contributed by atoms with Crippen molar-refractivity contribution in [2.45, 2.75) is 70.3 Å². The highest BCUT2D eigenvalue weighted by Crippen LogP contribution is 2.25. The molecule has 4 rings (SSSR count). The van der Waals surface area contributed by atoms with E-state index in [0.717, 1.165) is 55.4 Å². The van der Waals surface area contributed by atoms with Crippen LogP contribution in [-0.4, -0.2) is 32.9 Å². The molecule has 0 aliphatic heterocycles. The smallest absolute Gasteiger partial charge is 0.254 e. The molecule has 1 heterocycles. The quantitative estimate of drug-likeness (QED) is 0.446. The largest absolute Gasteiger partial charge is 0.335 e. The zero-order valence-electron chi connectivity index (χ0n) is 20.5. The minimum Gasteiger partial charge on any atom is -0.335 e. The lowest BCUT2D eigenvalue weighted by Gasteiger charge is -2.33. The Labute approximate surface area is 207 Å². The maximum Gasteiger partial charge on any atom is 0.254 e. The third-order valence-electron chi connectivity index (χ3n) is 7.18. The van der Waals surface area contributed by atoms with Gasteiger partial charge in [0.1, 0.15) is 5.82 Å². The van der Waals surface area contributed by atoms with Crippen molar-refractivity contribution in [1.29, 1.82) is 10.5 Å². The Morgan fingerprint density at radius 2 is 1.74 bits per heavy atom. The van der Waals surface area contributed by atoms with Crippen LogP contribution in [0, 0.1) is 22.7 Å². The van der Waals surface area contributed by atoms with Gasteiger partial charge in [-0.3, -0.25) is 4.79 Å². The summed E-state index contributed by atoms with van der Waals surface area (Å²) in [6.07, 6.45) is 10.0. The van der Waals surface area contributed by atoms with Gasteiger partial charge in [-0.25, -0.2) is 4.98 Å². The van der Waals surface area contributed by atoms with E-state index in [1.54, 1.807) is 0 Å². The fourth-order valence-electron chi connectivity index (χ4n) is 5.14. The summed E-state index contributed by atoms with van der Waals surface area (Å²) in [5.74, 6) is 0.979. The summed E-state index contributed by atoms with van der Waals surface area (Å²) in [7, 11) is 2.01. The lowest BCUT2D eigenvalue weighted by molar-refractivity contribution is 0.0652. The van der Waals surface area contributed by atoms with E-state index in [1.807, 2.05) is 54.4 Å². The van der Waals surface area contributed by atoms with Crippen molar-refractivity contribution in [3.8, 4) is 12.1 Å². The van der Waals surface area contributed by atoms with Crippen LogP contribution in [0.1, 0.15) is 78.7 Å². The van der Waals surface area contributed by atoms with Gasteiger partial charge in [-0.1, -0.05) is 44.2 Å².